The van der Waals surface area contributed by atoms with Crippen LogP contribution in [0, 0.1) is 0 Å². The number of nitrogens with one attached hydrogen (secondary N) is 2. The Labute approximate surface area is 260 Å². The second-order valence-corrected chi connectivity index (χ2v) is 12.2. The molecule has 1 fully saturated rings. The molecular weight excluding hydrogens is 587 g/mol. The molecule has 5 rings (SSSR count). The van der Waals surface area contributed by atoms with Gasteiger partial charge in [0, 0.05) is 42.9 Å². The molecule has 0 saturated carbocycles. The van der Waals surface area contributed by atoms with Gasteiger partial charge >= 0.3 is 6.09 Å². The SMILES string of the molecule is CC(C)(C)OC(=O)Nc1ccc(CNC(=O)/C=C/C2Cc3cc(-c4ccc(C(=O)N5CC[C@@H](F)C5)cc4)cc(Cl)c3O2)cn1. The molecule has 1 saturated heterocycles. The number of hydrogen-bond acceptors (Lipinski definition) is 6. The molecule has 0 aliphatic carbocycles. The number of rotatable bonds is 7. The van der Waals surface area contributed by atoms with Gasteiger partial charge in [-0.3, -0.25) is 14.9 Å². The summed E-state index contributed by atoms with van der Waals surface area (Å²) in [6.07, 6.45) is 3.69. The van der Waals surface area contributed by atoms with E-state index < -0.39 is 17.9 Å². The van der Waals surface area contributed by atoms with Crippen molar-refractivity contribution in [3.8, 4) is 16.9 Å². The molecule has 11 heteroatoms. The van der Waals surface area contributed by atoms with Gasteiger partial charge in [0.2, 0.25) is 5.91 Å². The van der Waals surface area contributed by atoms with Gasteiger partial charge in [0.25, 0.3) is 5.91 Å². The second kappa shape index (κ2) is 13.1. The van der Waals surface area contributed by atoms with Crippen molar-refractivity contribution >= 4 is 35.3 Å². The molecule has 2 aromatic carbocycles. The van der Waals surface area contributed by atoms with Crippen LogP contribution < -0.4 is 15.4 Å². The van der Waals surface area contributed by atoms with Crippen molar-refractivity contribution in [3.63, 3.8) is 0 Å². The van der Waals surface area contributed by atoms with Crippen molar-refractivity contribution in [1.82, 2.24) is 15.2 Å². The summed E-state index contributed by atoms with van der Waals surface area (Å²) in [7, 11) is 0. The molecule has 1 aromatic heterocycles. The molecule has 2 atom stereocenters. The van der Waals surface area contributed by atoms with E-state index in [-0.39, 0.29) is 31.0 Å². The highest BCUT2D eigenvalue weighted by atomic mass is 35.5. The summed E-state index contributed by atoms with van der Waals surface area (Å²) in [4.78, 5) is 42.7. The minimum Gasteiger partial charge on any atom is -0.484 e. The van der Waals surface area contributed by atoms with E-state index in [1.807, 2.05) is 24.3 Å². The number of amides is 3. The summed E-state index contributed by atoms with van der Waals surface area (Å²) < 4.78 is 24.7. The number of fused-ring (bicyclic) bond motifs is 1. The number of halogens is 2. The monoisotopic (exact) mass is 620 g/mol. The smallest absolute Gasteiger partial charge is 0.413 e. The Bertz CT molecular complexity index is 1570. The zero-order valence-electron chi connectivity index (χ0n) is 24.7. The van der Waals surface area contributed by atoms with Crippen LogP contribution in [0.25, 0.3) is 11.1 Å². The maximum Gasteiger partial charge on any atom is 0.413 e. The first kappa shape index (κ1) is 31.0. The number of alkyl halides is 1. The van der Waals surface area contributed by atoms with Gasteiger partial charge in [0.1, 0.15) is 29.4 Å². The van der Waals surface area contributed by atoms with Crippen molar-refractivity contribution in [2.75, 3.05) is 18.4 Å². The van der Waals surface area contributed by atoms with Gasteiger partial charge in [-0.15, -0.1) is 0 Å². The number of nitrogens with zero attached hydrogens (tertiary/aromatic N) is 2. The van der Waals surface area contributed by atoms with Crippen LogP contribution in [0.15, 0.2) is 66.9 Å². The van der Waals surface area contributed by atoms with Crippen molar-refractivity contribution in [1.29, 1.82) is 0 Å². The number of anilines is 1. The van der Waals surface area contributed by atoms with Gasteiger partial charge in [0.15, 0.2) is 0 Å². The third-order valence-corrected chi connectivity index (χ3v) is 7.36. The lowest BCUT2D eigenvalue weighted by Crippen LogP contribution is -2.28. The van der Waals surface area contributed by atoms with Crippen LogP contribution in [0.5, 0.6) is 5.75 Å². The molecular formula is C33H34ClFN4O5. The summed E-state index contributed by atoms with van der Waals surface area (Å²) in [5.74, 6) is 0.463. The predicted octanol–water partition coefficient (Wildman–Crippen LogP) is 6.11. The first-order valence-electron chi connectivity index (χ1n) is 14.4. The van der Waals surface area contributed by atoms with Crippen molar-refractivity contribution < 1.29 is 28.2 Å². The summed E-state index contributed by atoms with van der Waals surface area (Å²) in [6, 6.07) is 14.4. The van der Waals surface area contributed by atoms with Crippen LogP contribution in [-0.4, -0.2) is 58.8 Å². The fraction of sp³-hybridized carbons (Fsp3) is 0.333. The first-order valence-corrected chi connectivity index (χ1v) is 14.7. The highest BCUT2D eigenvalue weighted by Gasteiger charge is 2.27. The van der Waals surface area contributed by atoms with E-state index in [4.69, 9.17) is 21.1 Å². The number of carbonyl (C=O) groups is 3. The number of carbonyl (C=O) groups excluding carboxylic acids is 3. The minimum absolute atomic E-state index is 0.139. The summed E-state index contributed by atoms with van der Waals surface area (Å²) >= 11 is 6.56. The van der Waals surface area contributed by atoms with E-state index in [1.54, 1.807) is 62.2 Å². The third kappa shape index (κ3) is 7.93. The summed E-state index contributed by atoms with van der Waals surface area (Å²) in [6.45, 7) is 6.15. The van der Waals surface area contributed by atoms with Gasteiger partial charge in [0.05, 0.1) is 11.6 Å². The topological polar surface area (TPSA) is 110 Å². The van der Waals surface area contributed by atoms with Gasteiger partial charge in [-0.2, -0.15) is 0 Å². The van der Waals surface area contributed by atoms with Gasteiger partial charge in [-0.25, -0.2) is 14.2 Å². The average Bonchev–Trinajstić information content (AvgIpc) is 3.60. The molecule has 0 radical (unpaired) electrons. The maximum absolute atomic E-state index is 13.5. The number of pyridine rings is 1. The Hall–Kier alpha value is -4.44. The molecule has 1 unspecified atom stereocenters. The van der Waals surface area contributed by atoms with Crippen molar-refractivity contribution in [3.05, 3.63) is 88.6 Å². The Morgan fingerprint density at radius 3 is 2.57 bits per heavy atom. The van der Waals surface area contributed by atoms with Crippen LogP contribution in [0.3, 0.4) is 0 Å². The number of hydrogen-bond donors (Lipinski definition) is 2. The van der Waals surface area contributed by atoms with E-state index >= 15 is 0 Å². The van der Waals surface area contributed by atoms with E-state index in [9.17, 15) is 18.8 Å². The van der Waals surface area contributed by atoms with E-state index in [0.717, 1.165) is 22.3 Å². The minimum atomic E-state index is -0.958. The van der Waals surface area contributed by atoms with Crippen LogP contribution in [0.1, 0.15) is 48.7 Å². The fourth-order valence-corrected chi connectivity index (χ4v) is 5.25. The Balaban J connectivity index is 1.12. The van der Waals surface area contributed by atoms with Crippen molar-refractivity contribution in [2.45, 2.75) is 58.0 Å². The standard InChI is InChI=1S/C33H34ClFN4O5/c1-33(2,3)44-32(42)38-28-10-4-20(17-36-28)18-37-29(40)11-9-26-15-24-14-23(16-27(34)30(24)43-26)21-5-7-22(8-6-21)31(41)39-13-12-25(35)19-39/h4-11,14,16-17,25-26H,12-13,15,18-19H2,1-3H3,(H,37,40)(H,36,38,42)/b11-9+/t25-,26?/m1/s1. The molecule has 230 valence electrons. The molecule has 3 aromatic rings. The largest absolute Gasteiger partial charge is 0.484 e. The zero-order valence-corrected chi connectivity index (χ0v) is 25.5. The molecule has 9 nitrogen and oxygen atoms in total. The van der Waals surface area contributed by atoms with Gasteiger partial charge in [-0.05, 0) is 80.3 Å². The predicted molar refractivity (Wildman–Crippen MR) is 166 cm³/mol. The Kier molecular flexibility index (Phi) is 9.20. The fourth-order valence-electron chi connectivity index (χ4n) is 4.96. The Morgan fingerprint density at radius 1 is 1.14 bits per heavy atom. The summed E-state index contributed by atoms with van der Waals surface area (Å²) in [5, 5.41) is 5.83. The number of aromatic nitrogens is 1. The number of ether oxygens (including phenoxy) is 2. The second-order valence-electron chi connectivity index (χ2n) is 11.8. The zero-order chi connectivity index (χ0) is 31.4. The molecule has 2 aliphatic rings. The third-order valence-electron chi connectivity index (χ3n) is 7.08. The highest BCUT2D eigenvalue weighted by Crippen LogP contribution is 2.40. The molecule has 3 amide bonds. The number of benzene rings is 2. The van der Waals surface area contributed by atoms with E-state index in [2.05, 4.69) is 15.6 Å². The lowest BCUT2D eigenvalue weighted by atomic mass is 9.99. The number of likely N-dealkylation sites (tertiary alicyclic amines) is 1. The molecule has 44 heavy (non-hydrogen) atoms. The van der Waals surface area contributed by atoms with Gasteiger partial charge < -0.3 is 19.7 Å². The van der Waals surface area contributed by atoms with E-state index in [1.165, 1.54) is 6.08 Å². The molecule has 0 spiro atoms. The average molecular weight is 621 g/mol. The Morgan fingerprint density at radius 2 is 1.91 bits per heavy atom. The normalized spacial score (nSPS) is 17.7. The first-order chi connectivity index (χ1) is 20.9. The lowest BCUT2D eigenvalue weighted by Gasteiger charge is -2.19. The quantitative estimate of drug-likeness (QED) is 0.309. The van der Waals surface area contributed by atoms with Crippen LogP contribution in [0.4, 0.5) is 15.0 Å². The lowest BCUT2D eigenvalue weighted by molar-refractivity contribution is -0.116. The molecule has 3 heterocycles. The van der Waals surface area contributed by atoms with Gasteiger partial charge in [-0.1, -0.05) is 29.8 Å². The summed E-state index contributed by atoms with van der Waals surface area (Å²) in [5.41, 5.74) is 3.34. The van der Waals surface area contributed by atoms with Crippen LogP contribution in [-0.2, 0) is 22.5 Å². The molecule has 2 N–H and O–H groups in total. The van der Waals surface area contributed by atoms with Crippen LogP contribution in [0.2, 0.25) is 5.02 Å². The highest BCUT2D eigenvalue weighted by molar-refractivity contribution is 6.32. The molecule has 0 bridgehead atoms. The van der Waals surface area contributed by atoms with Crippen LogP contribution >= 0.6 is 11.6 Å². The van der Waals surface area contributed by atoms with E-state index in [0.29, 0.717) is 41.5 Å². The maximum atomic E-state index is 13.5. The molecule has 2 aliphatic heterocycles. The van der Waals surface area contributed by atoms with Crippen molar-refractivity contribution in [2.24, 2.45) is 0 Å².